The third kappa shape index (κ3) is 4.91. The summed E-state index contributed by atoms with van der Waals surface area (Å²) in [6.07, 6.45) is 5.18. The Balaban J connectivity index is 1.56. The summed E-state index contributed by atoms with van der Waals surface area (Å²) in [7, 11) is 1.61. The highest BCUT2D eigenvalue weighted by Gasteiger charge is 2.49. The number of hydroxylamine groups is 1. The summed E-state index contributed by atoms with van der Waals surface area (Å²) in [6.45, 7) is 8.64. The van der Waals surface area contributed by atoms with Crippen molar-refractivity contribution in [1.29, 1.82) is 0 Å². The first kappa shape index (κ1) is 25.6. The van der Waals surface area contributed by atoms with Crippen LogP contribution in [0.5, 0.6) is 5.75 Å². The van der Waals surface area contributed by atoms with E-state index in [1.165, 1.54) is 0 Å². The minimum absolute atomic E-state index is 0.0234. The number of benzene rings is 1. The SMILES string of the molecule is CON(c1ccc(-c2ccc(-c3cn[nH]c3)cc2O)nn1)C1CC(C)(C)N(C(=O)CCN)C(C)(C)C1. The van der Waals surface area contributed by atoms with Gasteiger partial charge in [0.1, 0.15) is 5.75 Å². The lowest BCUT2D eigenvalue weighted by molar-refractivity contribution is -0.150. The maximum atomic E-state index is 12.9. The summed E-state index contributed by atoms with van der Waals surface area (Å²) in [4.78, 5) is 20.6. The fraction of sp³-hybridized carbons (Fsp3) is 0.462. The topological polar surface area (TPSA) is 133 Å². The van der Waals surface area contributed by atoms with Crippen LogP contribution in [0.2, 0.25) is 0 Å². The lowest BCUT2D eigenvalue weighted by Crippen LogP contribution is -2.66. The number of nitrogens with zero attached hydrogens (tertiary/aromatic N) is 5. The van der Waals surface area contributed by atoms with Crippen LogP contribution >= 0.6 is 0 Å². The molecule has 0 saturated carbocycles. The summed E-state index contributed by atoms with van der Waals surface area (Å²) in [5, 5.41) is 27.9. The maximum absolute atomic E-state index is 12.9. The number of rotatable bonds is 7. The molecule has 4 N–H and O–H groups in total. The number of H-pyrrole nitrogens is 1. The van der Waals surface area contributed by atoms with Crippen LogP contribution < -0.4 is 10.8 Å². The number of nitrogens with one attached hydrogen (secondary N) is 1. The smallest absolute Gasteiger partial charge is 0.224 e. The molecule has 1 aliphatic rings. The van der Waals surface area contributed by atoms with Crippen molar-refractivity contribution in [2.24, 2.45) is 5.73 Å². The second kappa shape index (κ2) is 9.87. The van der Waals surface area contributed by atoms with E-state index >= 15 is 0 Å². The van der Waals surface area contributed by atoms with Crippen LogP contribution in [0.15, 0.2) is 42.7 Å². The van der Waals surface area contributed by atoms with Crippen LogP contribution in [0, 0.1) is 0 Å². The van der Waals surface area contributed by atoms with Gasteiger partial charge in [-0.1, -0.05) is 6.07 Å². The molecule has 1 aliphatic heterocycles. The largest absolute Gasteiger partial charge is 0.507 e. The number of phenols is 1. The van der Waals surface area contributed by atoms with Crippen molar-refractivity contribution in [3.63, 3.8) is 0 Å². The summed E-state index contributed by atoms with van der Waals surface area (Å²) < 4.78 is 0. The Morgan fingerprint density at radius 1 is 1.17 bits per heavy atom. The molecule has 10 nitrogen and oxygen atoms in total. The second-order valence-electron chi connectivity index (χ2n) is 10.5. The molecule has 0 unspecified atom stereocenters. The van der Waals surface area contributed by atoms with E-state index in [0.29, 0.717) is 42.9 Å². The van der Waals surface area contributed by atoms with Crippen molar-refractivity contribution in [3.05, 3.63) is 42.7 Å². The fourth-order valence-corrected chi connectivity index (χ4v) is 5.66. The molecule has 3 aromatic rings. The number of hydrogen-bond acceptors (Lipinski definition) is 8. The Labute approximate surface area is 211 Å². The quantitative estimate of drug-likeness (QED) is 0.426. The number of anilines is 1. The van der Waals surface area contributed by atoms with Gasteiger partial charge in [0.25, 0.3) is 0 Å². The first-order chi connectivity index (χ1) is 17.1. The van der Waals surface area contributed by atoms with Gasteiger partial charge in [-0.25, -0.2) is 5.06 Å². The number of hydrogen-bond donors (Lipinski definition) is 3. The summed E-state index contributed by atoms with van der Waals surface area (Å²) in [5.41, 5.74) is 7.74. The van der Waals surface area contributed by atoms with Gasteiger partial charge in [0.05, 0.1) is 25.0 Å². The molecule has 0 atom stereocenters. The van der Waals surface area contributed by atoms with E-state index in [1.807, 2.05) is 29.2 Å². The molecule has 0 aliphatic carbocycles. The molecule has 192 valence electrons. The molecule has 1 fully saturated rings. The van der Waals surface area contributed by atoms with Gasteiger partial charge in [0, 0.05) is 41.4 Å². The molecule has 36 heavy (non-hydrogen) atoms. The molecule has 2 aromatic heterocycles. The second-order valence-corrected chi connectivity index (χ2v) is 10.5. The van der Waals surface area contributed by atoms with Crippen LogP contribution in [0.4, 0.5) is 5.82 Å². The van der Waals surface area contributed by atoms with Crippen molar-refractivity contribution in [2.45, 2.75) is 64.1 Å². The van der Waals surface area contributed by atoms with E-state index in [-0.39, 0.29) is 17.7 Å². The minimum atomic E-state index is -0.397. The van der Waals surface area contributed by atoms with Crippen LogP contribution in [0.3, 0.4) is 0 Å². The fourth-order valence-electron chi connectivity index (χ4n) is 5.66. The highest BCUT2D eigenvalue weighted by Crippen LogP contribution is 2.41. The van der Waals surface area contributed by atoms with Crippen molar-refractivity contribution in [1.82, 2.24) is 25.3 Å². The summed E-state index contributed by atoms with van der Waals surface area (Å²) in [6, 6.07) is 9.03. The Bertz CT molecular complexity index is 1170. The van der Waals surface area contributed by atoms with Gasteiger partial charge in [0.15, 0.2) is 5.82 Å². The predicted molar refractivity (Wildman–Crippen MR) is 138 cm³/mol. The highest BCUT2D eigenvalue weighted by atomic mass is 16.7. The molecular formula is C26H35N7O3. The molecule has 1 saturated heterocycles. The third-order valence-electron chi connectivity index (χ3n) is 6.80. The van der Waals surface area contributed by atoms with E-state index in [4.69, 9.17) is 10.6 Å². The number of aromatic nitrogens is 4. The number of amides is 1. The van der Waals surface area contributed by atoms with E-state index in [1.54, 1.807) is 30.6 Å². The number of aromatic amines is 1. The molecule has 0 spiro atoms. The Kier molecular flexibility index (Phi) is 7.01. The van der Waals surface area contributed by atoms with Gasteiger partial charge in [0.2, 0.25) is 5.91 Å². The molecule has 1 aromatic carbocycles. The first-order valence-corrected chi connectivity index (χ1v) is 12.1. The minimum Gasteiger partial charge on any atom is -0.507 e. The lowest BCUT2D eigenvalue weighted by Gasteiger charge is -2.56. The average molecular weight is 494 g/mol. The van der Waals surface area contributed by atoms with Gasteiger partial charge in [-0.2, -0.15) is 5.10 Å². The summed E-state index contributed by atoms with van der Waals surface area (Å²) in [5.74, 6) is 0.740. The van der Waals surface area contributed by atoms with E-state index in [0.717, 1.165) is 11.1 Å². The van der Waals surface area contributed by atoms with Crippen molar-refractivity contribution in [3.8, 4) is 28.1 Å². The van der Waals surface area contributed by atoms with Crippen molar-refractivity contribution < 1.29 is 14.7 Å². The van der Waals surface area contributed by atoms with E-state index < -0.39 is 11.1 Å². The first-order valence-electron chi connectivity index (χ1n) is 12.1. The predicted octanol–water partition coefficient (Wildman–Crippen LogP) is 3.50. The molecule has 3 heterocycles. The molecule has 10 heteroatoms. The van der Waals surface area contributed by atoms with Gasteiger partial charge in [-0.15, -0.1) is 10.2 Å². The molecule has 0 bridgehead atoms. The van der Waals surface area contributed by atoms with Gasteiger partial charge in [-0.05, 0) is 70.4 Å². The number of aromatic hydroxyl groups is 1. The number of phenolic OH excluding ortho intramolecular Hbond substituents is 1. The van der Waals surface area contributed by atoms with Crippen molar-refractivity contribution in [2.75, 3.05) is 18.7 Å². The van der Waals surface area contributed by atoms with Gasteiger partial charge < -0.3 is 15.7 Å². The Morgan fingerprint density at radius 2 is 1.89 bits per heavy atom. The monoisotopic (exact) mass is 493 g/mol. The normalized spacial score (nSPS) is 17.2. The van der Waals surface area contributed by atoms with Gasteiger partial charge >= 0.3 is 0 Å². The number of likely N-dealkylation sites (tertiary alicyclic amines) is 1. The van der Waals surface area contributed by atoms with Crippen molar-refractivity contribution >= 4 is 11.7 Å². The van der Waals surface area contributed by atoms with Gasteiger partial charge in [-0.3, -0.25) is 14.7 Å². The molecule has 4 rings (SSSR count). The zero-order chi connectivity index (χ0) is 26.1. The van der Waals surface area contributed by atoms with E-state index in [2.05, 4.69) is 48.1 Å². The number of piperidine rings is 1. The van der Waals surface area contributed by atoms with Crippen LogP contribution in [0.25, 0.3) is 22.4 Å². The highest BCUT2D eigenvalue weighted by molar-refractivity contribution is 5.78. The number of carbonyl (C=O) groups is 1. The lowest BCUT2D eigenvalue weighted by atomic mass is 9.76. The zero-order valence-corrected chi connectivity index (χ0v) is 21.5. The standard InChI is InChI=1S/C26H35N7O3/c1-25(2)13-19(14-26(3,4)33(25)24(35)10-11-27)32(36-5)23-9-8-21(30-31-23)20-7-6-17(12-22(20)34)18-15-28-29-16-18/h6-9,12,15-16,19,34H,10-11,13-14,27H2,1-5H3,(H,28,29). The maximum Gasteiger partial charge on any atom is 0.224 e. The Hall–Kier alpha value is -3.50. The summed E-state index contributed by atoms with van der Waals surface area (Å²) >= 11 is 0. The molecule has 0 radical (unpaired) electrons. The molecular weight excluding hydrogens is 458 g/mol. The van der Waals surface area contributed by atoms with Crippen LogP contribution in [0.1, 0.15) is 47.0 Å². The molecule has 1 amide bonds. The zero-order valence-electron chi connectivity index (χ0n) is 21.5. The average Bonchev–Trinajstić information content (AvgIpc) is 3.34. The van der Waals surface area contributed by atoms with E-state index in [9.17, 15) is 9.90 Å². The Morgan fingerprint density at radius 3 is 2.42 bits per heavy atom. The number of nitrogens with two attached hydrogens (primary N) is 1. The number of carbonyl (C=O) groups excluding carboxylic acids is 1. The van der Waals surface area contributed by atoms with Crippen LogP contribution in [-0.4, -0.2) is 67.1 Å². The third-order valence-corrected chi connectivity index (χ3v) is 6.80. The van der Waals surface area contributed by atoms with Crippen LogP contribution in [-0.2, 0) is 9.63 Å².